The molecule has 4 N–H and O–H groups in total. The van der Waals surface area contributed by atoms with E-state index in [4.69, 9.17) is 43.1 Å². The first-order valence-electron chi connectivity index (χ1n) is 19.2. The number of hydrogen-bond donors (Lipinski definition) is 3. The summed E-state index contributed by atoms with van der Waals surface area (Å²) in [5, 5.41) is 20.2. The molecule has 1 aromatic heterocycles. The van der Waals surface area contributed by atoms with E-state index in [0.29, 0.717) is 71.9 Å². The van der Waals surface area contributed by atoms with E-state index in [1.54, 1.807) is 12.3 Å². The van der Waals surface area contributed by atoms with Gasteiger partial charge in [-0.25, -0.2) is 0 Å². The topological polar surface area (TPSA) is 148 Å². The fourth-order valence-electron chi connectivity index (χ4n) is 7.40. The molecule has 2 saturated heterocycles. The number of nitrogens with two attached hydrogens (primary N) is 1. The number of piperidine rings is 2. The van der Waals surface area contributed by atoms with Gasteiger partial charge < -0.3 is 35.1 Å². The fraction of sp³-hybridized carbons (Fsp3) is 0.419. The van der Waals surface area contributed by atoms with Crippen molar-refractivity contribution < 1.29 is 34.0 Å². The van der Waals surface area contributed by atoms with Crippen LogP contribution in [0.25, 0.3) is 11.1 Å². The van der Waals surface area contributed by atoms with Crippen molar-refractivity contribution in [1.29, 1.82) is 0 Å². The summed E-state index contributed by atoms with van der Waals surface area (Å²) in [6.07, 6.45) is 8.24. The van der Waals surface area contributed by atoms with E-state index in [1.165, 1.54) is 12.6 Å². The molecule has 0 radical (unpaired) electrons. The zero-order chi connectivity index (χ0) is 39.7. The van der Waals surface area contributed by atoms with E-state index >= 15 is 0 Å². The summed E-state index contributed by atoms with van der Waals surface area (Å²) in [6.45, 7) is 7.33. The predicted molar refractivity (Wildman–Crippen MR) is 217 cm³/mol. The van der Waals surface area contributed by atoms with E-state index in [0.717, 1.165) is 72.3 Å². The highest BCUT2D eigenvalue weighted by Crippen LogP contribution is 2.39. The minimum absolute atomic E-state index is 0.186. The Morgan fingerprint density at radius 1 is 0.839 bits per heavy atom. The van der Waals surface area contributed by atoms with Crippen LogP contribution in [-0.2, 0) is 24.6 Å². The Balaban J connectivity index is 1.11. The second kappa shape index (κ2) is 19.2. The first-order valence-corrected chi connectivity index (χ1v) is 19.9. The van der Waals surface area contributed by atoms with Crippen molar-refractivity contribution in [2.24, 2.45) is 11.1 Å². The van der Waals surface area contributed by atoms with Crippen molar-refractivity contribution in [3.05, 3.63) is 105 Å². The quantitative estimate of drug-likeness (QED) is 0.0915. The van der Waals surface area contributed by atoms with Crippen molar-refractivity contribution in [3.8, 4) is 28.4 Å². The summed E-state index contributed by atoms with van der Waals surface area (Å²) in [6, 6.07) is 17.2. The minimum atomic E-state index is -1.03. The van der Waals surface area contributed by atoms with Crippen LogP contribution in [0.4, 0.5) is 0 Å². The zero-order valence-electron chi connectivity index (χ0n) is 31.8. The van der Waals surface area contributed by atoms with Crippen molar-refractivity contribution in [2.45, 2.75) is 65.2 Å². The maximum Gasteiger partial charge on any atom is 0.312 e. The summed E-state index contributed by atoms with van der Waals surface area (Å²) in [4.78, 5) is 32.1. The highest BCUT2D eigenvalue weighted by molar-refractivity contribution is 6.35. The molecule has 2 fully saturated rings. The van der Waals surface area contributed by atoms with Gasteiger partial charge >= 0.3 is 5.97 Å². The van der Waals surface area contributed by atoms with E-state index in [-0.39, 0.29) is 19.8 Å². The molecule has 2 aliphatic heterocycles. The number of amides is 1. The van der Waals surface area contributed by atoms with Gasteiger partial charge in [0.15, 0.2) is 0 Å². The van der Waals surface area contributed by atoms with Crippen LogP contribution < -0.4 is 19.9 Å². The third kappa shape index (κ3) is 10.1. The maximum atomic E-state index is 11.7. The number of aliphatic hydroxyl groups excluding tert-OH is 1. The SMILES string of the molecule is Cc1c(COc2cc(OCc3cncc(C(N)=O)c3)c(CN3CCCCC3)cc2Cl)cccc1-c1cccc(OCCCN2CCC(CO)(C(=O)O)CC2)c1Cl. The molecule has 4 aromatic rings. The van der Waals surface area contributed by atoms with Gasteiger partial charge in [0, 0.05) is 48.2 Å². The first kappa shape index (κ1) is 41.2. The van der Waals surface area contributed by atoms with Crippen molar-refractivity contribution >= 4 is 35.1 Å². The number of halogens is 2. The molecule has 1 amide bonds. The van der Waals surface area contributed by atoms with Gasteiger partial charge in [-0.05, 0) is 100 Å². The number of nitrogens with zero attached hydrogens (tertiary/aromatic N) is 3. The standard InChI is InChI=1S/C43H50Cl2N4O7/c1-29-31(8-5-9-34(29)35-10-6-11-37(40(35)45)54-19-7-16-48-17-12-43(28-50,13-18-48)42(52)53)27-56-39-22-38(55-26-30-20-32(41(46)51)24-47-23-30)33(21-36(39)44)25-49-14-3-2-4-15-49/h5-6,8-11,20-24,50H,2-4,7,12-19,25-28H2,1H3,(H2,46,51)(H,52,53). The number of likely N-dealkylation sites (tertiary alicyclic amines) is 2. The molecule has 0 saturated carbocycles. The lowest BCUT2D eigenvalue weighted by atomic mass is 9.79. The molecule has 0 spiro atoms. The lowest BCUT2D eigenvalue weighted by Gasteiger charge is -2.37. The zero-order valence-corrected chi connectivity index (χ0v) is 33.3. The van der Waals surface area contributed by atoms with Crippen LogP contribution in [0.3, 0.4) is 0 Å². The number of rotatable bonds is 17. The van der Waals surface area contributed by atoms with Gasteiger partial charge in [0.05, 0.1) is 34.2 Å². The lowest BCUT2D eigenvalue weighted by Crippen LogP contribution is -2.46. The molecule has 0 bridgehead atoms. The number of aliphatic carboxylic acids is 1. The molecule has 0 atom stereocenters. The average molecular weight is 806 g/mol. The summed E-state index contributed by atoms with van der Waals surface area (Å²) in [7, 11) is 0. The number of hydrogen-bond acceptors (Lipinski definition) is 9. The number of pyridine rings is 1. The van der Waals surface area contributed by atoms with Gasteiger partial charge in [0.2, 0.25) is 5.91 Å². The largest absolute Gasteiger partial charge is 0.492 e. The van der Waals surface area contributed by atoms with Crippen molar-refractivity contribution in [3.63, 3.8) is 0 Å². The number of carbonyl (C=O) groups excluding carboxylic acids is 1. The van der Waals surface area contributed by atoms with Crippen LogP contribution in [-0.4, -0.2) is 82.8 Å². The maximum absolute atomic E-state index is 11.7. The number of carboxylic acids is 1. The summed E-state index contributed by atoms with van der Waals surface area (Å²) >= 11 is 13.8. The summed E-state index contributed by atoms with van der Waals surface area (Å²) in [5.74, 6) is 0.255. The predicted octanol–water partition coefficient (Wildman–Crippen LogP) is 7.53. The Labute approximate surface area is 338 Å². The Hall–Kier alpha value is -4.39. The molecular formula is C43H50Cl2N4O7. The molecular weight excluding hydrogens is 755 g/mol. The number of aromatic nitrogens is 1. The summed E-state index contributed by atoms with van der Waals surface area (Å²) < 4.78 is 18.9. The molecule has 2 aliphatic rings. The van der Waals surface area contributed by atoms with Crippen molar-refractivity contribution in [1.82, 2.24) is 14.8 Å². The highest BCUT2D eigenvalue weighted by Gasteiger charge is 2.40. The van der Waals surface area contributed by atoms with E-state index in [9.17, 15) is 19.8 Å². The molecule has 0 unspecified atom stereocenters. The Kier molecular flexibility index (Phi) is 14.1. The lowest BCUT2D eigenvalue weighted by molar-refractivity contribution is -0.155. The number of benzene rings is 3. The van der Waals surface area contributed by atoms with Crippen LogP contribution in [0.1, 0.15) is 71.1 Å². The second-order valence-electron chi connectivity index (χ2n) is 14.7. The number of ether oxygens (including phenoxy) is 3. The minimum Gasteiger partial charge on any atom is -0.492 e. The van der Waals surface area contributed by atoms with E-state index < -0.39 is 17.3 Å². The smallest absolute Gasteiger partial charge is 0.312 e. The van der Waals surface area contributed by atoms with Crippen LogP contribution in [0, 0.1) is 12.3 Å². The Morgan fingerprint density at radius 3 is 2.30 bits per heavy atom. The highest BCUT2D eigenvalue weighted by atomic mass is 35.5. The molecule has 13 heteroatoms. The number of aliphatic hydroxyl groups is 1. The van der Waals surface area contributed by atoms with Gasteiger partial charge in [0.25, 0.3) is 0 Å². The second-order valence-corrected chi connectivity index (χ2v) is 15.5. The van der Waals surface area contributed by atoms with Gasteiger partial charge in [-0.15, -0.1) is 0 Å². The van der Waals surface area contributed by atoms with Crippen LogP contribution in [0.15, 0.2) is 67.0 Å². The van der Waals surface area contributed by atoms with Gasteiger partial charge in [-0.3, -0.25) is 19.5 Å². The summed E-state index contributed by atoms with van der Waals surface area (Å²) in [5.41, 5.74) is 10.2. The average Bonchev–Trinajstić information content (AvgIpc) is 3.20. The third-order valence-electron chi connectivity index (χ3n) is 11.0. The Morgan fingerprint density at radius 2 is 1.57 bits per heavy atom. The first-order chi connectivity index (χ1) is 27.1. The van der Waals surface area contributed by atoms with Gasteiger partial charge in [0.1, 0.15) is 30.5 Å². The number of carbonyl (C=O) groups is 2. The molecule has 11 nitrogen and oxygen atoms in total. The monoisotopic (exact) mass is 804 g/mol. The molecule has 0 aliphatic carbocycles. The van der Waals surface area contributed by atoms with Gasteiger partial charge in [-0.1, -0.05) is 60.0 Å². The molecule has 6 rings (SSSR count). The van der Waals surface area contributed by atoms with Crippen LogP contribution >= 0.6 is 23.2 Å². The van der Waals surface area contributed by atoms with Crippen LogP contribution in [0.5, 0.6) is 17.2 Å². The Bertz CT molecular complexity index is 2000. The third-order valence-corrected chi connectivity index (χ3v) is 11.6. The molecule has 56 heavy (non-hydrogen) atoms. The molecule has 3 heterocycles. The fourth-order valence-corrected chi connectivity index (χ4v) is 7.92. The van der Waals surface area contributed by atoms with E-state index in [1.807, 2.05) is 55.5 Å². The van der Waals surface area contributed by atoms with Crippen molar-refractivity contribution in [2.75, 3.05) is 45.9 Å². The molecule has 3 aromatic carbocycles. The normalized spacial score (nSPS) is 16.0. The molecule has 298 valence electrons. The van der Waals surface area contributed by atoms with E-state index in [2.05, 4.69) is 14.8 Å². The van der Waals surface area contributed by atoms with Gasteiger partial charge in [-0.2, -0.15) is 0 Å². The number of primary amides is 1. The number of carboxylic acid groups (broad SMARTS) is 1. The van der Waals surface area contributed by atoms with Crippen LogP contribution in [0.2, 0.25) is 10.0 Å².